The fraction of sp³-hybridized carbons (Fsp3) is 0.385. The minimum Gasteiger partial charge on any atom is -0.481 e. The topological polar surface area (TPSA) is 66.4 Å². The largest absolute Gasteiger partial charge is 0.481 e. The number of aliphatic carboxylic acids is 1. The Hall–Kier alpha value is -1.84. The number of nitrogens with one attached hydrogen (secondary N) is 1. The van der Waals surface area contributed by atoms with Crippen LogP contribution in [0.25, 0.3) is 0 Å². The molecule has 0 saturated heterocycles. The average molecular weight is 233 g/mol. The van der Waals surface area contributed by atoms with Crippen molar-refractivity contribution in [2.75, 3.05) is 5.32 Å². The van der Waals surface area contributed by atoms with Gasteiger partial charge in [0.1, 0.15) is 0 Å². The van der Waals surface area contributed by atoms with E-state index < -0.39 is 17.3 Å². The molecule has 1 aromatic rings. The minimum absolute atomic E-state index is 0.194. The molecule has 2 rings (SSSR count). The van der Waals surface area contributed by atoms with Gasteiger partial charge in [-0.25, -0.2) is 0 Å². The third-order valence-electron chi connectivity index (χ3n) is 3.49. The van der Waals surface area contributed by atoms with Crippen LogP contribution in [0.5, 0.6) is 0 Å². The summed E-state index contributed by atoms with van der Waals surface area (Å²) in [6.07, 6.45) is 0.937. The van der Waals surface area contributed by atoms with Gasteiger partial charge in [0, 0.05) is 5.69 Å². The molecule has 4 heteroatoms. The van der Waals surface area contributed by atoms with E-state index in [9.17, 15) is 9.59 Å². The molecule has 1 aliphatic rings. The lowest BCUT2D eigenvalue weighted by Crippen LogP contribution is -2.23. The molecule has 0 aromatic heterocycles. The van der Waals surface area contributed by atoms with Crippen LogP contribution in [0, 0.1) is 11.3 Å². The molecule has 2 N–H and O–H groups in total. The van der Waals surface area contributed by atoms with E-state index in [0.29, 0.717) is 18.5 Å². The number of benzene rings is 1. The van der Waals surface area contributed by atoms with Crippen molar-refractivity contribution in [2.24, 2.45) is 11.3 Å². The van der Waals surface area contributed by atoms with Gasteiger partial charge in [-0.2, -0.15) is 0 Å². The maximum absolute atomic E-state index is 11.9. The second-order valence-corrected chi connectivity index (χ2v) is 4.43. The molecule has 90 valence electrons. The Kier molecular flexibility index (Phi) is 2.88. The molecule has 1 aromatic carbocycles. The number of carbonyl (C=O) groups is 2. The molecule has 0 heterocycles. The average Bonchev–Trinajstić information content (AvgIpc) is 3.06. The highest BCUT2D eigenvalue weighted by atomic mass is 16.4. The zero-order valence-electron chi connectivity index (χ0n) is 9.64. The second-order valence-electron chi connectivity index (χ2n) is 4.43. The first kappa shape index (κ1) is 11.6. The Morgan fingerprint density at radius 1 is 1.41 bits per heavy atom. The summed E-state index contributed by atoms with van der Waals surface area (Å²) >= 11 is 0. The van der Waals surface area contributed by atoms with Crippen molar-refractivity contribution in [1.82, 2.24) is 0 Å². The zero-order valence-corrected chi connectivity index (χ0v) is 9.64. The highest BCUT2D eigenvalue weighted by molar-refractivity contribution is 6.00. The standard InChI is InChI=1S/C13H15NO3/c1-2-13(12(16)17)8-10(13)11(15)14-9-6-4-3-5-7-9/h3-7,10H,2,8H2,1H3,(H,14,15)(H,16,17). The van der Waals surface area contributed by atoms with Crippen molar-refractivity contribution in [2.45, 2.75) is 19.8 Å². The van der Waals surface area contributed by atoms with Crippen molar-refractivity contribution in [3.05, 3.63) is 30.3 Å². The lowest BCUT2D eigenvalue weighted by molar-refractivity contribution is -0.145. The van der Waals surface area contributed by atoms with Crippen molar-refractivity contribution >= 4 is 17.6 Å². The van der Waals surface area contributed by atoms with Gasteiger partial charge >= 0.3 is 5.97 Å². The highest BCUT2D eigenvalue weighted by Gasteiger charge is 2.62. The predicted molar refractivity (Wildman–Crippen MR) is 63.5 cm³/mol. The summed E-state index contributed by atoms with van der Waals surface area (Å²) in [4.78, 5) is 23.0. The number of carbonyl (C=O) groups excluding carboxylic acids is 1. The van der Waals surface area contributed by atoms with E-state index in [4.69, 9.17) is 5.11 Å². The van der Waals surface area contributed by atoms with Crippen LogP contribution in [0.3, 0.4) is 0 Å². The van der Waals surface area contributed by atoms with E-state index in [1.165, 1.54) is 0 Å². The first-order chi connectivity index (χ1) is 8.10. The first-order valence-corrected chi connectivity index (χ1v) is 5.69. The van der Waals surface area contributed by atoms with Crippen LogP contribution in [-0.4, -0.2) is 17.0 Å². The van der Waals surface area contributed by atoms with Crippen LogP contribution in [-0.2, 0) is 9.59 Å². The van der Waals surface area contributed by atoms with Crippen LogP contribution >= 0.6 is 0 Å². The molecule has 0 radical (unpaired) electrons. The number of amides is 1. The number of carboxylic acid groups (broad SMARTS) is 1. The summed E-state index contributed by atoms with van der Waals surface area (Å²) in [6.45, 7) is 1.81. The number of para-hydroxylation sites is 1. The fourth-order valence-corrected chi connectivity index (χ4v) is 2.18. The van der Waals surface area contributed by atoms with E-state index in [-0.39, 0.29) is 5.91 Å². The summed E-state index contributed by atoms with van der Waals surface area (Å²) in [6, 6.07) is 9.09. The Labute approximate surface area is 99.6 Å². The van der Waals surface area contributed by atoms with Crippen molar-refractivity contribution in [3.63, 3.8) is 0 Å². The number of anilines is 1. The highest BCUT2D eigenvalue weighted by Crippen LogP contribution is 2.55. The third kappa shape index (κ3) is 2.02. The van der Waals surface area contributed by atoms with Crippen LogP contribution in [0.1, 0.15) is 19.8 Å². The Morgan fingerprint density at radius 2 is 2.06 bits per heavy atom. The van der Waals surface area contributed by atoms with Crippen molar-refractivity contribution in [3.8, 4) is 0 Å². The third-order valence-corrected chi connectivity index (χ3v) is 3.49. The van der Waals surface area contributed by atoms with Crippen molar-refractivity contribution in [1.29, 1.82) is 0 Å². The zero-order chi connectivity index (χ0) is 12.5. The van der Waals surface area contributed by atoms with E-state index in [2.05, 4.69) is 5.32 Å². The Balaban J connectivity index is 2.02. The Morgan fingerprint density at radius 3 is 2.53 bits per heavy atom. The van der Waals surface area contributed by atoms with E-state index in [1.807, 2.05) is 25.1 Å². The van der Waals surface area contributed by atoms with Crippen molar-refractivity contribution < 1.29 is 14.7 Å². The SMILES string of the molecule is CCC1(C(=O)O)CC1C(=O)Nc1ccccc1. The maximum Gasteiger partial charge on any atom is 0.310 e. The van der Waals surface area contributed by atoms with Crippen LogP contribution in [0.15, 0.2) is 30.3 Å². The summed E-state index contributed by atoms with van der Waals surface area (Å²) in [5.74, 6) is -1.46. The van der Waals surface area contributed by atoms with Gasteiger partial charge in [-0.3, -0.25) is 9.59 Å². The number of hydrogen-bond donors (Lipinski definition) is 2. The molecule has 1 fully saturated rings. The van der Waals surface area contributed by atoms with Gasteiger partial charge in [0.2, 0.25) is 5.91 Å². The molecule has 0 bridgehead atoms. The van der Waals surface area contributed by atoms with Gasteiger partial charge in [-0.1, -0.05) is 25.1 Å². The van der Waals surface area contributed by atoms with Crippen LogP contribution in [0.2, 0.25) is 0 Å². The predicted octanol–water partition coefficient (Wildman–Crippen LogP) is 2.13. The smallest absolute Gasteiger partial charge is 0.310 e. The van der Waals surface area contributed by atoms with E-state index in [0.717, 1.165) is 0 Å². The van der Waals surface area contributed by atoms with Gasteiger partial charge in [0.05, 0.1) is 11.3 Å². The molecular weight excluding hydrogens is 218 g/mol. The summed E-state index contributed by atoms with van der Waals surface area (Å²) < 4.78 is 0. The van der Waals surface area contributed by atoms with E-state index >= 15 is 0 Å². The molecule has 2 atom stereocenters. The van der Waals surface area contributed by atoms with Crippen LogP contribution < -0.4 is 5.32 Å². The van der Waals surface area contributed by atoms with Gasteiger partial charge < -0.3 is 10.4 Å². The summed E-state index contributed by atoms with van der Waals surface area (Å²) in [5, 5.41) is 11.9. The van der Waals surface area contributed by atoms with Crippen LogP contribution in [0.4, 0.5) is 5.69 Å². The first-order valence-electron chi connectivity index (χ1n) is 5.69. The number of hydrogen-bond acceptors (Lipinski definition) is 2. The lowest BCUT2D eigenvalue weighted by atomic mass is 10.0. The molecule has 1 saturated carbocycles. The normalized spacial score (nSPS) is 26.3. The molecule has 1 amide bonds. The van der Waals surface area contributed by atoms with Gasteiger partial charge in [0.25, 0.3) is 0 Å². The maximum atomic E-state index is 11.9. The second kappa shape index (κ2) is 4.20. The molecule has 4 nitrogen and oxygen atoms in total. The molecule has 2 unspecified atom stereocenters. The van der Waals surface area contributed by atoms with Gasteiger partial charge in [0.15, 0.2) is 0 Å². The molecule has 0 aliphatic heterocycles. The fourth-order valence-electron chi connectivity index (χ4n) is 2.18. The number of rotatable bonds is 4. The van der Waals surface area contributed by atoms with Gasteiger partial charge in [-0.05, 0) is 25.0 Å². The lowest BCUT2D eigenvalue weighted by Gasteiger charge is -2.09. The molecule has 1 aliphatic carbocycles. The summed E-state index contributed by atoms with van der Waals surface area (Å²) in [5.41, 5.74) is -0.126. The minimum atomic E-state index is -0.867. The number of carboxylic acids is 1. The monoisotopic (exact) mass is 233 g/mol. The molecular formula is C13H15NO3. The Bertz CT molecular complexity index is 443. The molecule has 0 spiro atoms. The van der Waals surface area contributed by atoms with E-state index in [1.54, 1.807) is 12.1 Å². The molecule has 17 heavy (non-hydrogen) atoms. The summed E-state index contributed by atoms with van der Waals surface area (Å²) in [7, 11) is 0. The van der Waals surface area contributed by atoms with Gasteiger partial charge in [-0.15, -0.1) is 0 Å². The quantitative estimate of drug-likeness (QED) is 0.837.